The van der Waals surface area contributed by atoms with Crippen molar-refractivity contribution in [3.05, 3.63) is 47.8 Å². The van der Waals surface area contributed by atoms with E-state index in [1.165, 1.54) is 6.20 Å². The molecule has 0 aliphatic rings. The number of nitrogens with zero attached hydrogens (tertiary/aromatic N) is 2. The molecule has 106 valence electrons. The standard InChI is InChI=1S/C15H19N3O2/c1-11(2)20-14-6-4-5-12(7-14)10-18(3)15(19)13-8-16-17-9-13/h4-9,11H,10H2,1-3H3,(H,16,17). The molecule has 0 atom stereocenters. The number of H-pyrrole nitrogens is 1. The molecule has 1 aromatic heterocycles. The zero-order chi connectivity index (χ0) is 14.5. The average molecular weight is 273 g/mol. The van der Waals surface area contributed by atoms with Gasteiger partial charge in [0.1, 0.15) is 5.75 Å². The minimum Gasteiger partial charge on any atom is -0.491 e. The maximum atomic E-state index is 12.1. The first-order chi connectivity index (χ1) is 9.56. The van der Waals surface area contributed by atoms with Crippen molar-refractivity contribution in [1.82, 2.24) is 15.1 Å². The van der Waals surface area contributed by atoms with Crippen molar-refractivity contribution in [2.75, 3.05) is 7.05 Å². The minimum atomic E-state index is -0.0612. The first-order valence-electron chi connectivity index (χ1n) is 6.56. The topological polar surface area (TPSA) is 58.2 Å². The monoisotopic (exact) mass is 273 g/mol. The Hall–Kier alpha value is -2.30. The molecule has 1 N–H and O–H groups in total. The van der Waals surface area contributed by atoms with Gasteiger partial charge in [0.15, 0.2) is 0 Å². The molecule has 0 spiro atoms. The second-order valence-corrected chi connectivity index (χ2v) is 4.96. The molecule has 1 aromatic carbocycles. The molecule has 0 radical (unpaired) electrons. The highest BCUT2D eigenvalue weighted by Crippen LogP contribution is 2.16. The Morgan fingerprint density at radius 1 is 1.45 bits per heavy atom. The minimum absolute atomic E-state index is 0.0612. The van der Waals surface area contributed by atoms with Crippen molar-refractivity contribution >= 4 is 5.91 Å². The highest BCUT2D eigenvalue weighted by molar-refractivity contribution is 5.93. The van der Waals surface area contributed by atoms with Crippen molar-refractivity contribution in [2.45, 2.75) is 26.5 Å². The number of amides is 1. The van der Waals surface area contributed by atoms with Gasteiger partial charge < -0.3 is 9.64 Å². The molecular formula is C15H19N3O2. The third kappa shape index (κ3) is 3.60. The molecule has 0 aliphatic heterocycles. The molecule has 0 fully saturated rings. The van der Waals surface area contributed by atoms with Crippen LogP contribution >= 0.6 is 0 Å². The number of benzene rings is 1. The molecular weight excluding hydrogens is 254 g/mol. The fourth-order valence-electron chi connectivity index (χ4n) is 1.92. The smallest absolute Gasteiger partial charge is 0.257 e. The van der Waals surface area contributed by atoms with Gasteiger partial charge in [0, 0.05) is 19.8 Å². The van der Waals surface area contributed by atoms with Gasteiger partial charge in [-0.3, -0.25) is 9.89 Å². The number of ether oxygens (including phenoxy) is 1. The summed E-state index contributed by atoms with van der Waals surface area (Å²) in [4.78, 5) is 13.8. The molecule has 2 aromatic rings. The van der Waals surface area contributed by atoms with E-state index < -0.39 is 0 Å². The molecule has 20 heavy (non-hydrogen) atoms. The number of rotatable bonds is 5. The Morgan fingerprint density at radius 2 is 2.25 bits per heavy atom. The van der Waals surface area contributed by atoms with Crippen LogP contribution in [0.3, 0.4) is 0 Å². The third-order valence-corrected chi connectivity index (χ3v) is 2.78. The van der Waals surface area contributed by atoms with Gasteiger partial charge in [0.2, 0.25) is 0 Å². The van der Waals surface area contributed by atoms with Gasteiger partial charge in [0.25, 0.3) is 5.91 Å². The molecule has 0 bridgehead atoms. The van der Waals surface area contributed by atoms with Crippen LogP contribution in [0.1, 0.15) is 29.8 Å². The van der Waals surface area contributed by atoms with E-state index in [1.54, 1.807) is 18.1 Å². The second-order valence-electron chi connectivity index (χ2n) is 4.96. The zero-order valence-electron chi connectivity index (χ0n) is 12.0. The summed E-state index contributed by atoms with van der Waals surface area (Å²) >= 11 is 0. The number of hydrogen-bond donors (Lipinski definition) is 1. The van der Waals surface area contributed by atoms with Gasteiger partial charge in [-0.15, -0.1) is 0 Å². The van der Waals surface area contributed by atoms with Crippen molar-refractivity contribution in [3.63, 3.8) is 0 Å². The molecule has 0 saturated heterocycles. The average Bonchev–Trinajstić information content (AvgIpc) is 2.91. The van der Waals surface area contributed by atoms with Crippen LogP contribution in [0.25, 0.3) is 0 Å². The maximum absolute atomic E-state index is 12.1. The van der Waals surface area contributed by atoms with E-state index in [2.05, 4.69) is 10.2 Å². The normalized spacial score (nSPS) is 10.6. The van der Waals surface area contributed by atoms with E-state index >= 15 is 0 Å². The quantitative estimate of drug-likeness (QED) is 0.910. The van der Waals surface area contributed by atoms with Gasteiger partial charge in [-0.05, 0) is 31.5 Å². The number of carbonyl (C=O) groups is 1. The van der Waals surface area contributed by atoms with E-state index in [0.29, 0.717) is 12.1 Å². The Kier molecular flexibility index (Phi) is 4.40. The highest BCUT2D eigenvalue weighted by atomic mass is 16.5. The van der Waals surface area contributed by atoms with Crippen LogP contribution in [0.4, 0.5) is 0 Å². The maximum Gasteiger partial charge on any atom is 0.257 e. The fourth-order valence-corrected chi connectivity index (χ4v) is 1.92. The van der Waals surface area contributed by atoms with Gasteiger partial charge in [-0.25, -0.2) is 0 Å². The van der Waals surface area contributed by atoms with Gasteiger partial charge >= 0.3 is 0 Å². The summed E-state index contributed by atoms with van der Waals surface area (Å²) in [5, 5.41) is 6.43. The van der Waals surface area contributed by atoms with Crippen LogP contribution in [-0.4, -0.2) is 34.2 Å². The second kappa shape index (κ2) is 6.23. The molecule has 2 rings (SSSR count). The fraction of sp³-hybridized carbons (Fsp3) is 0.333. The summed E-state index contributed by atoms with van der Waals surface area (Å²) in [5.41, 5.74) is 1.59. The third-order valence-electron chi connectivity index (χ3n) is 2.78. The Morgan fingerprint density at radius 3 is 2.90 bits per heavy atom. The Bertz CT molecular complexity index is 564. The van der Waals surface area contributed by atoms with E-state index in [0.717, 1.165) is 11.3 Å². The molecule has 0 unspecified atom stereocenters. The van der Waals surface area contributed by atoms with Crippen LogP contribution in [0, 0.1) is 0 Å². The molecule has 1 heterocycles. The summed E-state index contributed by atoms with van der Waals surface area (Å²) in [7, 11) is 1.77. The lowest BCUT2D eigenvalue weighted by Crippen LogP contribution is -2.25. The molecule has 5 nitrogen and oxygen atoms in total. The van der Waals surface area contributed by atoms with Crippen molar-refractivity contribution < 1.29 is 9.53 Å². The SMILES string of the molecule is CC(C)Oc1cccc(CN(C)C(=O)c2cn[nH]c2)c1. The summed E-state index contributed by atoms with van der Waals surface area (Å²) in [6, 6.07) is 7.79. The summed E-state index contributed by atoms with van der Waals surface area (Å²) in [5.74, 6) is 0.760. The molecule has 5 heteroatoms. The van der Waals surface area contributed by atoms with E-state index in [-0.39, 0.29) is 12.0 Å². The first-order valence-corrected chi connectivity index (χ1v) is 6.56. The number of nitrogens with one attached hydrogen (secondary N) is 1. The van der Waals surface area contributed by atoms with Crippen molar-refractivity contribution in [1.29, 1.82) is 0 Å². The van der Waals surface area contributed by atoms with Gasteiger partial charge in [0.05, 0.1) is 17.9 Å². The number of aromatic nitrogens is 2. The number of hydrogen-bond acceptors (Lipinski definition) is 3. The Balaban J connectivity index is 2.04. The van der Waals surface area contributed by atoms with Crippen LogP contribution in [0.2, 0.25) is 0 Å². The Labute approximate surface area is 118 Å². The summed E-state index contributed by atoms with van der Waals surface area (Å²) in [6.45, 7) is 4.50. The lowest BCUT2D eigenvalue weighted by molar-refractivity contribution is 0.0785. The van der Waals surface area contributed by atoms with Crippen molar-refractivity contribution in [2.24, 2.45) is 0 Å². The van der Waals surface area contributed by atoms with Crippen LogP contribution in [0.15, 0.2) is 36.7 Å². The van der Waals surface area contributed by atoms with E-state index in [9.17, 15) is 4.79 Å². The number of aromatic amines is 1. The largest absolute Gasteiger partial charge is 0.491 e. The van der Waals surface area contributed by atoms with E-state index in [4.69, 9.17) is 4.74 Å². The van der Waals surface area contributed by atoms with Crippen LogP contribution < -0.4 is 4.74 Å². The molecule has 1 amide bonds. The van der Waals surface area contributed by atoms with Crippen LogP contribution in [-0.2, 0) is 6.54 Å². The van der Waals surface area contributed by atoms with Crippen LogP contribution in [0.5, 0.6) is 5.75 Å². The zero-order valence-corrected chi connectivity index (χ0v) is 12.0. The predicted molar refractivity (Wildman–Crippen MR) is 76.6 cm³/mol. The van der Waals surface area contributed by atoms with Gasteiger partial charge in [-0.1, -0.05) is 12.1 Å². The lowest BCUT2D eigenvalue weighted by atomic mass is 10.2. The highest BCUT2D eigenvalue weighted by Gasteiger charge is 2.13. The van der Waals surface area contributed by atoms with E-state index in [1.807, 2.05) is 38.1 Å². The summed E-state index contributed by atoms with van der Waals surface area (Å²) in [6.07, 6.45) is 3.25. The number of carbonyl (C=O) groups excluding carboxylic acids is 1. The lowest BCUT2D eigenvalue weighted by Gasteiger charge is -2.17. The molecule has 0 aliphatic carbocycles. The first kappa shape index (κ1) is 14.1. The van der Waals surface area contributed by atoms with Gasteiger partial charge in [-0.2, -0.15) is 5.10 Å². The predicted octanol–water partition coefficient (Wildman–Crippen LogP) is 2.47. The molecule has 0 saturated carbocycles. The van der Waals surface area contributed by atoms with Crippen molar-refractivity contribution in [3.8, 4) is 5.75 Å². The summed E-state index contributed by atoms with van der Waals surface area (Å²) < 4.78 is 5.65.